The lowest BCUT2D eigenvalue weighted by atomic mass is 10.1. The molecule has 1 aliphatic rings. The minimum absolute atomic E-state index is 0.134. The van der Waals surface area contributed by atoms with Crippen molar-refractivity contribution in [2.75, 3.05) is 0 Å². The second-order valence-electron chi connectivity index (χ2n) is 3.90. The number of carbonyl (C=O) groups is 2. The van der Waals surface area contributed by atoms with Crippen LogP contribution in [-0.2, 0) is 0 Å². The van der Waals surface area contributed by atoms with Crippen molar-refractivity contribution in [3.63, 3.8) is 0 Å². The van der Waals surface area contributed by atoms with E-state index in [4.69, 9.17) is 0 Å². The number of fused-ring (bicyclic) bond motifs is 1. The van der Waals surface area contributed by atoms with Gasteiger partial charge in [-0.2, -0.15) is 0 Å². The van der Waals surface area contributed by atoms with E-state index in [1.165, 1.54) is 4.90 Å². The van der Waals surface area contributed by atoms with Gasteiger partial charge in [0.1, 0.15) is 0 Å². The maximum atomic E-state index is 12.0. The Labute approximate surface area is 94.4 Å². The minimum atomic E-state index is -0.199. The van der Waals surface area contributed by atoms with E-state index < -0.39 is 0 Å². The molecule has 0 N–H and O–H groups in total. The lowest BCUT2D eigenvalue weighted by Gasteiger charge is -2.20. The molecule has 0 saturated carbocycles. The molecular weight excluding hydrogens is 202 g/mol. The first-order chi connectivity index (χ1) is 7.66. The Hall–Kier alpha value is -1.90. The van der Waals surface area contributed by atoms with Gasteiger partial charge in [0.05, 0.1) is 11.1 Å². The number of carbonyl (C=O) groups excluding carboxylic acids is 2. The van der Waals surface area contributed by atoms with Crippen LogP contribution in [0.5, 0.6) is 0 Å². The van der Waals surface area contributed by atoms with Crippen molar-refractivity contribution in [2.45, 2.75) is 19.4 Å². The Balaban J connectivity index is 2.38. The predicted octanol–water partition coefficient (Wildman–Crippen LogP) is 2.25. The fourth-order valence-corrected chi connectivity index (χ4v) is 1.95. The molecule has 1 heterocycles. The monoisotopic (exact) mass is 215 g/mol. The first-order valence-corrected chi connectivity index (χ1v) is 5.24. The van der Waals surface area contributed by atoms with Gasteiger partial charge in [-0.05, 0) is 25.5 Å². The van der Waals surface area contributed by atoms with E-state index in [-0.39, 0.29) is 17.9 Å². The van der Waals surface area contributed by atoms with Gasteiger partial charge in [-0.3, -0.25) is 14.5 Å². The number of hydrogen-bond donors (Lipinski definition) is 0. The number of hydrogen-bond acceptors (Lipinski definition) is 2. The topological polar surface area (TPSA) is 37.4 Å². The summed E-state index contributed by atoms with van der Waals surface area (Å²) in [5, 5.41) is 0. The fourth-order valence-electron chi connectivity index (χ4n) is 1.95. The number of amides is 2. The first kappa shape index (κ1) is 10.6. The highest BCUT2D eigenvalue weighted by atomic mass is 16.2. The minimum Gasteiger partial charge on any atom is -0.271 e. The molecule has 0 aliphatic carbocycles. The quantitative estimate of drug-likeness (QED) is 0.573. The summed E-state index contributed by atoms with van der Waals surface area (Å²) in [6, 6.07) is 6.79. The van der Waals surface area contributed by atoms with Crippen LogP contribution in [-0.4, -0.2) is 22.8 Å². The Morgan fingerprint density at radius 3 is 2.19 bits per heavy atom. The van der Waals surface area contributed by atoms with Gasteiger partial charge in [-0.25, -0.2) is 0 Å². The molecule has 0 radical (unpaired) electrons. The van der Waals surface area contributed by atoms with Crippen LogP contribution in [0.1, 0.15) is 34.1 Å². The number of benzene rings is 1. The van der Waals surface area contributed by atoms with Crippen LogP contribution in [0.3, 0.4) is 0 Å². The molecule has 0 saturated heterocycles. The van der Waals surface area contributed by atoms with Crippen LogP contribution in [0.25, 0.3) is 0 Å². The van der Waals surface area contributed by atoms with Crippen molar-refractivity contribution in [2.24, 2.45) is 0 Å². The summed E-state index contributed by atoms with van der Waals surface area (Å²) in [5.41, 5.74) is 1.01. The van der Waals surface area contributed by atoms with E-state index in [1.54, 1.807) is 30.3 Å². The van der Waals surface area contributed by atoms with Gasteiger partial charge in [0.15, 0.2) is 0 Å². The van der Waals surface area contributed by atoms with E-state index in [1.807, 2.05) is 6.92 Å². The predicted molar refractivity (Wildman–Crippen MR) is 61.2 cm³/mol. The SMILES string of the molecule is C=CC[C@H](C)N1C(=O)c2ccccc2C1=O. The lowest BCUT2D eigenvalue weighted by molar-refractivity contribution is 0.0598. The molecule has 2 amide bonds. The molecule has 2 rings (SSSR count). The van der Waals surface area contributed by atoms with Gasteiger partial charge in [0.25, 0.3) is 11.8 Å². The summed E-state index contributed by atoms with van der Waals surface area (Å²) < 4.78 is 0. The average molecular weight is 215 g/mol. The third-order valence-electron chi connectivity index (χ3n) is 2.77. The Morgan fingerprint density at radius 1 is 1.25 bits per heavy atom. The summed E-state index contributed by atoms with van der Waals surface area (Å²) in [6.45, 7) is 5.47. The summed E-state index contributed by atoms with van der Waals surface area (Å²) in [7, 11) is 0. The highest BCUT2D eigenvalue weighted by molar-refractivity contribution is 6.21. The van der Waals surface area contributed by atoms with E-state index in [0.29, 0.717) is 17.5 Å². The maximum absolute atomic E-state index is 12.0. The molecule has 0 spiro atoms. The smallest absolute Gasteiger partial charge is 0.261 e. The summed E-state index contributed by atoms with van der Waals surface area (Å²) in [6.07, 6.45) is 2.33. The van der Waals surface area contributed by atoms with Crippen LogP contribution in [0, 0.1) is 0 Å². The number of nitrogens with zero attached hydrogens (tertiary/aromatic N) is 1. The molecule has 3 heteroatoms. The van der Waals surface area contributed by atoms with E-state index in [9.17, 15) is 9.59 Å². The van der Waals surface area contributed by atoms with Crippen LogP contribution in [0.4, 0.5) is 0 Å². The number of rotatable bonds is 3. The zero-order valence-electron chi connectivity index (χ0n) is 9.14. The molecule has 1 aliphatic heterocycles. The first-order valence-electron chi connectivity index (χ1n) is 5.24. The molecular formula is C13H13NO2. The Morgan fingerprint density at radius 2 is 1.75 bits per heavy atom. The van der Waals surface area contributed by atoms with Crippen LogP contribution in [0.15, 0.2) is 36.9 Å². The van der Waals surface area contributed by atoms with Gasteiger partial charge in [0.2, 0.25) is 0 Å². The Bertz CT molecular complexity index is 430. The maximum Gasteiger partial charge on any atom is 0.261 e. The average Bonchev–Trinajstić information content (AvgIpc) is 2.53. The van der Waals surface area contributed by atoms with Crippen molar-refractivity contribution in [1.82, 2.24) is 4.90 Å². The standard InChI is InChI=1S/C13H13NO2/c1-3-6-9(2)14-12(15)10-7-4-5-8-11(10)13(14)16/h3-5,7-9H,1,6H2,2H3/t9-/m0/s1. The van der Waals surface area contributed by atoms with Crippen molar-refractivity contribution < 1.29 is 9.59 Å². The van der Waals surface area contributed by atoms with Gasteiger partial charge >= 0.3 is 0 Å². The van der Waals surface area contributed by atoms with Crippen LogP contribution >= 0.6 is 0 Å². The third kappa shape index (κ3) is 1.45. The molecule has 1 atom stereocenters. The van der Waals surface area contributed by atoms with Gasteiger partial charge in [-0.1, -0.05) is 18.2 Å². The van der Waals surface area contributed by atoms with Gasteiger partial charge in [-0.15, -0.1) is 6.58 Å². The lowest BCUT2D eigenvalue weighted by Crippen LogP contribution is -2.37. The van der Waals surface area contributed by atoms with Crippen molar-refractivity contribution in [3.05, 3.63) is 48.0 Å². The zero-order chi connectivity index (χ0) is 11.7. The highest BCUT2D eigenvalue weighted by Crippen LogP contribution is 2.25. The molecule has 0 unspecified atom stereocenters. The Kier molecular flexibility index (Phi) is 2.60. The molecule has 1 aromatic rings. The van der Waals surface area contributed by atoms with Crippen LogP contribution in [0.2, 0.25) is 0 Å². The second-order valence-corrected chi connectivity index (χ2v) is 3.90. The molecule has 1 aromatic carbocycles. The molecule has 82 valence electrons. The van der Waals surface area contributed by atoms with E-state index in [2.05, 4.69) is 6.58 Å². The van der Waals surface area contributed by atoms with Crippen molar-refractivity contribution in [1.29, 1.82) is 0 Å². The summed E-state index contributed by atoms with van der Waals surface area (Å²) in [5.74, 6) is -0.398. The molecule has 0 bridgehead atoms. The largest absolute Gasteiger partial charge is 0.271 e. The van der Waals surface area contributed by atoms with Gasteiger partial charge < -0.3 is 0 Å². The molecule has 16 heavy (non-hydrogen) atoms. The summed E-state index contributed by atoms with van der Waals surface area (Å²) in [4.78, 5) is 25.3. The van der Waals surface area contributed by atoms with Crippen molar-refractivity contribution in [3.8, 4) is 0 Å². The molecule has 3 nitrogen and oxygen atoms in total. The van der Waals surface area contributed by atoms with Crippen LogP contribution < -0.4 is 0 Å². The van der Waals surface area contributed by atoms with Crippen molar-refractivity contribution >= 4 is 11.8 Å². The number of imide groups is 1. The zero-order valence-corrected chi connectivity index (χ0v) is 9.14. The summed E-state index contributed by atoms with van der Waals surface area (Å²) >= 11 is 0. The highest BCUT2D eigenvalue weighted by Gasteiger charge is 2.37. The normalized spacial score (nSPS) is 16.2. The third-order valence-corrected chi connectivity index (χ3v) is 2.77. The fraction of sp³-hybridized carbons (Fsp3) is 0.231. The van der Waals surface area contributed by atoms with E-state index in [0.717, 1.165) is 0 Å². The molecule has 0 fully saturated rings. The second kappa shape index (κ2) is 3.93. The van der Waals surface area contributed by atoms with Gasteiger partial charge in [0, 0.05) is 6.04 Å². The molecule has 0 aromatic heterocycles. The van der Waals surface area contributed by atoms with E-state index >= 15 is 0 Å².